The fourth-order valence-corrected chi connectivity index (χ4v) is 4.47. The van der Waals surface area contributed by atoms with Crippen LogP contribution in [0.15, 0.2) is 6.07 Å². The molecule has 0 spiro atoms. The lowest BCUT2D eigenvalue weighted by molar-refractivity contribution is 0.0908. The fourth-order valence-electron chi connectivity index (χ4n) is 2.39. The fraction of sp³-hybridized carbons (Fsp3) is 0.643. The van der Waals surface area contributed by atoms with Crippen molar-refractivity contribution in [2.24, 2.45) is 0 Å². The van der Waals surface area contributed by atoms with E-state index in [0.29, 0.717) is 0 Å². The summed E-state index contributed by atoms with van der Waals surface area (Å²) in [6, 6.07) is 2.09. The third kappa shape index (κ3) is 2.64. The number of nitrogens with one attached hydrogen (secondary N) is 1. The second-order valence-corrected chi connectivity index (χ2v) is 6.69. The summed E-state index contributed by atoms with van der Waals surface area (Å²) in [6.45, 7) is 4.25. The van der Waals surface area contributed by atoms with E-state index in [4.69, 9.17) is 0 Å². The maximum absolute atomic E-state index is 12.3. The number of aryl methyl sites for hydroxylation is 2. The Morgan fingerprint density at radius 1 is 1.44 bits per heavy atom. The van der Waals surface area contributed by atoms with E-state index in [1.165, 1.54) is 16.9 Å². The molecule has 0 saturated heterocycles. The quantitative estimate of drug-likeness (QED) is 0.815. The number of rotatable bonds is 5. The van der Waals surface area contributed by atoms with Crippen LogP contribution in [0.25, 0.3) is 0 Å². The summed E-state index contributed by atoms with van der Waals surface area (Å²) in [5.41, 5.74) is 1.29. The minimum absolute atomic E-state index is 0.0950. The number of hydrogen-bond donors (Lipinski definition) is 1. The molecule has 100 valence electrons. The molecule has 0 atom stereocenters. The molecule has 0 unspecified atom stereocenters. The lowest BCUT2D eigenvalue weighted by Crippen LogP contribution is -2.48. The summed E-state index contributed by atoms with van der Waals surface area (Å²) in [7, 11) is 0. The van der Waals surface area contributed by atoms with Gasteiger partial charge in [-0.05, 0) is 43.7 Å². The van der Waals surface area contributed by atoms with Gasteiger partial charge in [-0.1, -0.05) is 29.8 Å². The van der Waals surface area contributed by atoms with Crippen molar-refractivity contribution >= 4 is 33.2 Å². The first-order valence-corrected chi connectivity index (χ1v) is 8.58. The largest absolute Gasteiger partial charge is 0.345 e. The molecule has 1 N–H and O–H groups in total. The second kappa shape index (κ2) is 5.74. The number of fused-ring (bicyclic) bond motifs is 1. The van der Waals surface area contributed by atoms with Gasteiger partial charge < -0.3 is 5.32 Å². The standard InChI is InChI=1S/C14H20BrNOS/c1-3-14(4-2,9-15)16-13(17)12-8-10-6-5-7-11(10)18-12/h8H,3-7,9H2,1-2H3,(H,16,17). The van der Waals surface area contributed by atoms with Gasteiger partial charge in [-0.15, -0.1) is 11.3 Å². The van der Waals surface area contributed by atoms with Gasteiger partial charge in [0, 0.05) is 15.7 Å². The number of carbonyl (C=O) groups is 1. The van der Waals surface area contributed by atoms with Crippen LogP contribution in [-0.4, -0.2) is 16.8 Å². The van der Waals surface area contributed by atoms with Crippen molar-refractivity contribution in [3.05, 3.63) is 21.4 Å². The Labute approximate surface area is 121 Å². The molecule has 18 heavy (non-hydrogen) atoms. The molecule has 0 radical (unpaired) electrons. The van der Waals surface area contributed by atoms with Crippen LogP contribution in [-0.2, 0) is 12.8 Å². The Hall–Kier alpha value is -0.350. The van der Waals surface area contributed by atoms with Gasteiger partial charge in [-0.3, -0.25) is 4.79 Å². The van der Waals surface area contributed by atoms with Gasteiger partial charge in [0.25, 0.3) is 5.91 Å². The summed E-state index contributed by atoms with van der Waals surface area (Å²) in [6.07, 6.45) is 5.44. The number of hydrogen-bond acceptors (Lipinski definition) is 2. The normalized spacial score (nSPS) is 14.6. The van der Waals surface area contributed by atoms with Gasteiger partial charge in [0.05, 0.1) is 4.88 Å². The summed E-state index contributed by atoms with van der Waals surface area (Å²) >= 11 is 5.20. The molecule has 0 aromatic carbocycles. The van der Waals surface area contributed by atoms with Crippen LogP contribution in [0, 0.1) is 0 Å². The second-order valence-electron chi connectivity index (χ2n) is 4.99. The van der Waals surface area contributed by atoms with Crippen molar-refractivity contribution in [2.75, 3.05) is 5.33 Å². The van der Waals surface area contributed by atoms with Crippen LogP contribution in [0.4, 0.5) is 0 Å². The summed E-state index contributed by atoms with van der Waals surface area (Å²) < 4.78 is 0. The van der Waals surface area contributed by atoms with E-state index in [-0.39, 0.29) is 11.4 Å². The molecule has 4 heteroatoms. The Kier molecular flexibility index (Phi) is 4.49. The van der Waals surface area contributed by atoms with Crippen molar-refractivity contribution in [3.8, 4) is 0 Å². The maximum Gasteiger partial charge on any atom is 0.261 e. The highest BCUT2D eigenvalue weighted by molar-refractivity contribution is 9.09. The average molecular weight is 330 g/mol. The van der Waals surface area contributed by atoms with Gasteiger partial charge in [-0.25, -0.2) is 0 Å². The lowest BCUT2D eigenvalue weighted by Gasteiger charge is -2.30. The highest BCUT2D eigenvalue weighted by Crippen LogP contribution is 2.31. The Morgan fingerprint density at radius 3 is 2.72 bits per heavy atom. The van der Waals surface area contributed by atoms with Crippen molar-refractivity contribution in [1.82, 2.24) is 5.32 Å². The van der Waals surface area contributed by atoms with Gasteiger partial charge in [-0.2, -0.15) is 0 Å². The predicted molar refractivity (Wildman–Crippen MR) is 80.9 cm³/mol. The highest BCUT2D eigenvalue weighted by atomic mass is 79.9. The van der Waals surface area contributed by atoms with Crippen LogP contribution < -0.4 is 5.32 Å². The molecule has 0 bridgehead atoms. The molecular weight excluding hydrogens is 310 g/mol. The Bertz CT molecular complexity index is 407. The molecule has 1 heterocycles. The number of halogens is 1. The molecule has 1 aliphatic carbocycles. The topological polar surface area (TPSA) is 29.1 Å². The summed E-state index contributed by atoms with van der Waals surface area (Å²) in [4.78, 5) is 14.6. The van der Waals surface area contributed by atoms with E-state index in [0.717, 1.165) is 35.9 Å². The first kappa shape index (κ1) is 14.1. The molecular formula is C14H20BrNOS. The van der Waals surface area contributed by atoms with Crippen LogP contribution >= 0.6 is 27.3 Å². The SMILES string of the molecule is CCC(CC)(CBr)NC(=O)c1cc2c(s1)CCC2. The zero-order valence-electron chi connectivity index (χ0n) is 11.0. The lowest BCUT2D eigenvalue weighted by atomic mass is 9.95. The van der Waals surface area contributed by atoms with Crippen LogP contribution in [0.5, 0.6) is 0 Å². The molecule has 2 nitrogen and oxygen atoms in total. The van der Waals surface area contributed by atoms with Crippen LogP contribution in [0.2, 0.25) is 0 Å². The van der Waals surface area contributed by atoms with E-state index in [1.807, 2.05) is 0 Å². The van der Waals surface area contributed by atoms with Gasteiger partial charge in [0.1, 0.15) is 0 Å². The molecule has 1 amide bonds. The molecule has 0 saturated carbocycles. The number of alkyl halides is 1. The first-order chi connectivity index (χ1) is 8.64. The van der Waals surface area contributed by atoms with Crippen molar-refractivity contribution in [2.45, 2.75) is 51.5 Å². The predicted octanol–water partition coefficient (Wildman–Crippen LogP) is 3.92. The third-order valence-electron chi connectivity index (χ3n) is 3.96. The van der Waals surface area contributed by atoms with Gasteiger partial charge >= 0.3 is 0 Å². The van der Waals surface area contributed by atoms with E-state index in [1.54, 1.807) is 11.3 Å². The number of amides is 1. The minimum Gasteiger partial charge on any atom is -0.345 e. The first-order valence-electron chi connectivity index (χ1n) is 6.64. The molecule has 0 aliphatic heterocycles. The molecule has 1 aliphatic rings. The Morgan fingerprint density at radius 2 is 2.17 bits per heavy atom. The maximum atomic E-state index is 12.3. The van der Waals surface area contributed by atoms with E-state index in [2.05, 4.69) is 41.2 Å². The average Bonchev–Trinajstić information content (AvgIpc) is 2.96. The van der Waals surface area contributed by atoms with Crippen molar-refractivity contribution in [1.29, 1.82) is 0 Å². The number of carbonyl (C=O) groups excluding carboxylic acids is 1. The summed E-state index contributed by atoms with van der Waals surface area (Å²) in [5, 5.41) is 4.02. The smallest absolute Gasteiger partial charge is 0.261 e. The van der Waals surface area contributed by atoms with E-state index < -0.39 is 0 Å². The molecule has 1 aromatic rings. The monoisotopic (exact) mass is 329 g/mol. The molecule has 2 rings (SSSR count). The van der Waals surface area contributed by atoms with Crippen molar-refractivity contribution < 1.29 is 4.79 Å². The molecule has 0 fully saturated rings. The zero-order valence-corrected chi connectivity index (χ0v) is 13.4. The summed E-state index contributed by atoms with van der Waals surface area (Å²) in [5.74, 6) is 0.0950. The van der Waals surface area contributed by atoms with Crippen LogP contribution in [0.1, 0.15) is 53.2 Å². The third-order valence-corrected chi connectivity index (χ3v) is 6.27. The van der Waals surface area contributed by atoms with Crippen molar-refractivity contribution in [3.63, 3.8) is 0 Å². The van der Waals surface area contributed by atoms with E-state index >= 15 is 0 Å². The minimum atomic E-state index is -0.106. The zero-order chi connectivity index (χ0) is 13.2. The van der Waals surface area contributed by atoms with E-state index in [9.17, 15) is 4.79 Å². The highest BCUT2D eigenvalue weighted by Gasteiger charge is 2.28. The van der Waals surface area contributed by atoms with Gasteiger partial charge in [0.15, 0.2) is 0 Å². The number of thiophene rings is 1. The molecule has 1 aromatic heterocycles. The Balaban J connectivity index is 2.11. The van der Waals surface area contributed by atoms with Gasteiger partial charge in [0.2, 0.25) is 0 Å². The van der Waals surface area contributed by atoms with Crippen LogP contribution in [0.3, 0.4) is 0 Å².